The predicted molar refractivity (Wildman–Crippen MR) is 113 cm³/mol. The Hall–Kier alpha value is -3.21. The lowest BCUT2D eigenvalue weighted by atomic mass is 9.94. The molecule has 1 aliphatic heterocycles. The number of nitrogens with zero attached hydrogens (tertiary/aromatic N) is 3. The first-order valence-electron chi connectivity index (χ1n) is 9.98. The van der Waals surface area contributed by atoms with Gasteiger partial charge in [0.15, 0.2) is 5.82 Å². The molecule has 2 heterocycles. The molecule has 1 amide bonds. The number of likely N-dealkylation sites (tertiary alicyclic amines) is 1. The number of amides is 1. The van der Waals surface area contributed by atoms with Gasteiger partial charge in [-0.1, -0.05) is 42.0 Å². The smallest absolute Gasteiger partial charge is 0.257 e. The lowest BCUT2D eigenvalue weighted by Gasteiger charge is -2.33. The maximum absolute atomic E-state index is 13.1. The van der Waals surface area contributed by atoms with Crippen LogP contribution in [0.15, 0.2) is 60.8 Å². The highest BCUT2D eigenvalue weighted by Crippen LogP contribution is 2.29. The van der Waals surface area contributed by atoms with Gasteiger partial charge in [-0.05, 0) is 38.0 Å². The largest absolute Gasteiger partial charge is 0.496 e. The average molecular weight is 387 g/mol. The quantitative estimate of drug-likeness (QED) is 0.662. The fraction of sp³-hybridized carbons (Fsp3) is 0.292. The first-order chi connectivity index (χ1) is 14.2. The Kier molecular flexibility index (Phi) is 5.56. The summed E-state index contributed by atoms with van der Waals surface area (Å²) < 4.78 is 5.37. The fourth-order valence-electron chi connectivity index (χ4n) is 3.84. The van der Waals surface area contributed by atoms with Crippen molar-refractivity contribution in [1.82, 2.24) is 14.9 Å². The average Bonchev–Trinajstić information content (AvgIpc) is 2.79. The molecular formula is C24H25N3O2. The highest BCUT2D eigenvalue weighted by molar-refractivity contribution is 5.97. The first-order valence-corrected chi connectivity index (χ1v) is 9.98. The van der Waals surface area contributed by atoms with E-state index in [1.165, 1.54) is 5.56 Å². The van der Waals surface area contributed by atoms with Crippen molar-refractivity contribution in [3.05, 3.63) is 77.6 Å². The van der Waals surface area contributed by atoms with Crippen molar-refractivity contribution in [2.45, 2.75) is 25.7 Å². The molecule has 148 valence electrons. The first kappa shape index (κ1) is 19.1. The number of methoxy groups -OCH3 is 1. The SMILES string of the molecule is COc1ccccc1C(=O)N1CCC[C@@H](c2ccnc(-c3ccc(C)cc3)n2)C1. The normalized spacial score (nSPS) is 16.5. The van der Waals surface area contributed by atoms with E-state index in [0.717, 1.165) is 36.5 Å². The molecule has 0 bridgehead atoms. The number of hydrogen-bond acceptors (Lipinski definition) is 4. The minimum Gasteiger partial charge on any atom is -0.496 e. The van der Waals surface area contributed by atoms with Crippen LogP contribution in [-0.2, 0) is 0 Å². The maximum Gasteiger partial charge on any atom is 0.257 e. The number of aryl methyl sites for hydroxylation is 1. The van der Waals surface area contributed by atoms with Crippen LogP contribution in [0.4, 0.5) is 0 Å². The molecule has 4 rings (SSSR count). The highest BCUT2D eigenvalue weighted by atomic mass is 16.5. The molecule has 3 aromatic rings. The molecule has 29 heavy (non-hydrogen) atoms. The number of carbonyl (C=O) groups excluding carboxylic acids is 1. The van der Waals surface area contributed by atoms with Crippen molar-refractivity contribution in [2.75, 3.05) is 20.2 Å². The lowest BCUT2D eigenvalue weighted by Crippen LogP contribution is -2.39. The third-order valence-corrected chi connectivity index (χ3v) is 5.45. The summed E-state index contributed by atoms with van der Waals surface area (Å²) in [7, 11) is 1.60. The number of hydrogen-bond donors (Lipinski definition) is 0. The van der Waals surface area contributed by atoms with Gasteiger partial charge < -0.3 is 9.64 Å². The molecule has 2 aromatic carbocycles. The second kappa shape index (κ2) is 8.43. The minimum absolute atomic E-state index is 0.0139. The summed E-state index contributed by atoms with van der Waals surface area (Å²) in [5, 5.41) is 0. The number of ether oxygens (including phenoxy) is 1. The van der Waals surface area contributed by atoms with Crippen molar-refractivity contribution in [3.8, 4) is 17.1 Å². The Balaban J connectivity index is 1.55. The summed E-state index contributed by atoms with van der Waals surface area (Å²) in [5.41, 5.74) is 3.82. The Morgan fingerprint density at radius 3 is 2.69 bits per heavy atom. The summed E-state index contributed by atoms with van der Waals surface area (Å²) >= 11 is 0. The monoisotopic (exact) mass is 387 g/mol. The molecule has 1 fully saturated rings. The van der Waals surface area contributed by atoms with E-state index in [4.69, 9.17) is 9.72 Å². The Morgan fingerprint density at radius 1 is 1.10 bits per heavy atom. The van der Waals surface area contributed by atoms with Gasteiger partial charge in [0.05, 0.1) is 12.7 Å². The molecule has 5 nitrogen and oxygen atoms in total. The number of aromatic nitrogens is 2. The van der Waals surface area contributed by atoms with Crippen molar-refractivity contribution < 1.29 is 9.53 Å². The summed E-state index contributed by atoms with van der Waals surface area (Å²) in [4.78, 5) is 24.3. The van der Waals surface area contributed by atoms with E-state index in [1.54, 1.807) is 7.11 Å². The van der Waals surface area contributed by atoms with Crippen LogP contribution in [0.25, 0.3) is 11.4 Å². The van der Waals surface area contributed by atoms with Crippen LogP contribution in [0.2, 0.25) is 0 Å². The number of benzene rings is 2. The van der Waals surface area contributed by atoms with Gasteiger partial charge >= 0.3 is 0 Å². The zero-order chi connectivity index (χ0) is 20.2. The van der Waals surface area contributed by atoms with Crippen LogP contribution in [-0.4, -0.2) is 41.0 Å². The Morgan fingerprint density at radius 2 is 1.90 bits per heavy atom. The molecule has 1 atom stereocenters. The van der Waals surface area contributed by atoms with Crippen molar-refractivity contribution in [1.29, 1.82) is 0 Å². The molecule has 0 unspecified atom stereocenters. The van der Waals surface area contributed by atoms with Gasteiger partial charge in [0.25, 0.3) is 5.91 Å². The van der Waals surface area contributed by atoms with E-state index in [2.05, 4.69) is 24.0 Å². The molecule has 0 spiro atoms. The molecule has 5 heteroatoms. The van der Waals surface area contributed by atoms with Crippen molar-refractivity contribution >= 4 is 5.91 Å². The Bertz CT molecular complexity index is 1000. The van der Waals surface area contributed by atoms with E-state index >= 15 is 0 Å². The number of carbonyl (C=O) groups is 1. The van der Waals surface area contributed by atoms with Gasteiger partial charge in [-0.15, -0.1) is 0 Å². The second-order valence-corrected chi connectivity index (χ2v) is 7.46. The molecule has 0 saturated carbocycles. The fourth-order valence-corrected chi connectivity index (χ4v) is 3.84. The van der Waals surface area contributed by atoms with E-state index in [-0.39, 0.29) is 11.8 Å². The lowest BCUT2D eigenvalue weighted by molar-refractivity contribution is 0.0702. The number of rotatable bonds is 4. The van der Waals surface area contributed by atoms with E-state index in [1.807, 2.05) is 53.6 Å². The van der Waals surface area contributed by atoms with Crippen LogP contribution >= 0.6 is 0 Å². The van der Waals surface area contributed by atoms with E-state index < -0.39 is 0 Å². The third kappa shape index (κ3) is 4.14. The van der Waals surface area contributed by atoms with E-state index in [9.17, 15) is 4.79 Å². The topological polar surface area (TPSA) is 55.3 Å². The summed E-state index contributed by atoms with van der Waals surface area (Å²) in [6.45, 7) is 3.47. The summed E-state index contributed by atoms with van der Waals surface area (Å²) in [5.74, 6) is 1.56. The predicted octanol–water partition coefficient (Wildman–Crippen LogP) is 4.48. The van der Waals surface area contributed by atoms with Crippen LogP contribution in [0, 0.1) is 6.92 Å². The Labute approximate surface area is 171 Å². The van der Waals surface area contributed by atoms with Gasteiger partial charge in [-0.25, -0.2) is 9.97 Å². The van der Waals surface area contributed by atoms with Crippen LogP contribution in [0.1, 0.15) is 40.4 Å². The van der Waals surface area contributed by atoms with E-state index in [0.29, 0.717) is 17.9 Å². The standard InChI is InChI=1S/C24H25N3O2/c1-17-9-11-18(12-10-17)23-25-14-13-21(26-23)19-6-5-15-27(16-19)24(28)20-7-3-4-8-22(20)29-2/h3-4,7-14,19H,5-6,15-16H2,1-2H3/t19-/m1/s1. The molecule has 1 aliphatic rings. The summed E-state index contributed by atoms with van der Waals surface area (Å²) in [6, 6.07) is 17.6. The second-order valence-electron chi connectivity index (χ2n) is 7.46. The molecule has 1 saturated heterocycles. The van der Waals surface area contributed by atoms with Crippen molar-refractivity contribution in [2.24, 2.45) is 0 Å². The molecular weight excluding hydrogens is 362 g/mol. The van der Waals surface area contributed by atoms with Crippen LogP contribution < -0.4 is 4.74 Å². The van der Waals surface area contributed by atoms with Gasteiger partial charge in [0, 0.05) is 36.5 Å². The molecule has 1 aromatic heterocycles. The highest BCUT2D eigenvalue weighted by Gasteiger charge is 2.28. The van der Waals surface area contributed by atoms with Crippen molar-refractivity contribution in [3.63, 3.8) is 0 Å². The van der Waals surface area contributed by atoms with Crippen LogP contribution in [0.3, 0.4) is 0 Å². The number of para-hydroxylation sites is 1. The molecule has 0 radical (unpaired) electrons. The number of piperidine rings is 1. The zero-order valence-electron chi connectivity index (χ0n) is 16.8. The van der Waals surface area contributed by atoms with Gasteiger partial charge in [-0.2, -0.15) is 0 Å². The minimum atomic E-state index is 0.0139. The maximum atomic E-state index is 13.1. The third-order valence-electron chi connectivity index (χ3n) is 5.45. The van der Waals surface area contributed by atoms with Gasteiger partial charge in [0.1, 0.15) is 5.75 Å². The molecule has 0 aliphatic carbocycles. The molecule has 0 N–H and O–H groups in total. The van der Waals surface area contributed by atoms with Crippen LogP contribution in [0.5, 0.6) is 5.75 Å². The summed E-state index contributed by atoms with van der Waals surface area (Å²) in [6.07, 6.45) is 3.79. The van der Waals surface area contributed by atoms with Gasteiger partial charge in [0.2, 0.25) is 0 Å². The van der Waals surface area contributed by atoms with Gasteiger partial charge in [-0.3, -0.25) is 4.79 Å². The zero-order valence-corrected chi connectivity index (χ0v) is 16.8.